The van der Waals surface area contributed by atoms with Gasteiger partial charge in [-0.05, 0) is 24.7 Å². The molecule has 0 aromatic heterocycles. The average Bonchev–Trinajstić information content (AvgIpc) is 2.04. The molecule has 1 heteroatoms. The Labute approximate surface area is 69.7 Å². The molecule has 2 N–H and O–H groups in total. The van der Waals surface area contributed by atoms with Crippen molar-refractivity contribution in [3.63, 3.8) is 0 Å². The highest BCUT2D eigenvalue weighted by Gasteiger charge is 2.14. The number of hydrogen-bond acceptors (Lipinski definition) is 1. The molecule has 64 valence electrons. The Hall–Kier alpha value is -0.300. The van der Waals surface area contributed by atoms with Gasteiger partial charge in [0.2, 0.25) is 0 Å². The molecule has 1 aliphatic carbocycles. The second kappa shape index (κ2) is 4.55. The van der Waals surface area contributed by atoms with Gasteiger partial charge in [-0.3, -0.25) is 0 Å². The summed E-state index contributed by atoms with van der Waals surface area (Å²) in [5.74, 6) is 1.78. The van der Waals surface area contributed by atoms with Gasteiger partial charge in [-0.1, -0.05) is 31.9 Å². The minimum atomic E-state index is 0.700. The first-order chi connectivity index (χ1) is 5.33. The minimum absolute atomic E-state index is 0.700. The Balaban J connectivity index is 2.22. The quantitative estimate of drug-likeness (QED) is 0.605. The van der Waals surface area contributed by atoms with Gasteiger partial charge >= 0.3 is 0 Å². The predicted molar refractivity (Wildman–Crippen MR) is 49.3 cm³/mol. The molecule has 1 fully saturated rings. The topological polar surface area (TPSA) is 26.0 Å². The van der Waals surface area contributed by atoms with Gasteiger partial charge in [0.1, 0.15) is 0 Å². The lowest BCUT2D eigenvalue weighted by molar-refractivity contribution is 0.330. The van der Waals surface area contributed by atoms with Gasteiger partial charge in [-0.25, -0.2) is 0 Å². The largest absolute Gasteiger partial charge is 0.327 e. The number of allylic oxidation sites excluding steroid dienone is 1. The number of hydrogen-bond donors (Lipinski definition) is 1. The van der Waals surface area contributed by atoms with E-state index in [4.69, 9.17) is 5.73 Å². The fourth-order valence-electron chi connectivity index (χ4n) is 1.75. The zero-order valence-corrected chi connectivity index (χ0v) is 7.42. The van der Waals surface area contributed by atoms with Crippen LogP contribution in [0.3, 0.4) is 0 Å². The zero-order valence-electron chi connectivity index (χ0n) is 7.42. The van der Waals surface area contributed by atoms with E-state index in [0.717, 1.165) is 11.8 Å². The maximum Gasteiger partial charge on any atom is 0.0106 e. The van der Waals surface area contributed by atoms with Crippen LogP contribution >= 0.6 is 0 Å². The van der Waals surface area contributed by atoms with Gasteiger partial charge in [0, 0.05) is 6.54 Å². The summed E-state index contributed by atoms with van der Waals surface area (Å²) in [5.41, 5.74) is 5.39. The van der Waals surface area contributed by atoms with Crippen molar-refractivity contribution in [1.29, 1.82) is 0 Å². The molecule has 0 aliphatic heterocycles. The van der Waals surface area contributed by atoms with Crippen LogP contribution in [0.1, 0.15) is 32.6 Å². The van der Waals surface area contributed by atoms with Crippen LogP contribution in [0.25, 0.3) is 0 Å². The first kappa shape index (κ1) is 8.79. The number of rotatable bonds is 2. The van der Waals surface area contributed by atoms with Crippen LogP contribution in [0, 0.1) is 11.8 Å². The van der Waals surface area contributed by atoms with Crippen molar-refractivity contribution in [1.82, 2.24) is 0 Å². The highest BCUT2D eigenvalue weighted by molar-refractivity contribution is 4.91. The maximum absolute atomic E-state index is 5.39. The van der Waals surface area contributed by atoms with E-state index in [1.54, 1.807) is 0 Å². The molecular weight excluding hydrogens is 134 g/mol. The van der Waals surface area contributed by atoms with Crippen LogP contribution in [0.2, 0.25) is 0 Å². The Kier molecular flexibility index (Phi) is 3.64. The van der Waals surface area contributed by atoms with Crippen LogP contribution < -0.4 is 5.73 Å². The second-order valence-corrected chi connectivity index (χ2v) is 3.68. The summed E-state index contributed by atoms with van der Waals surface area (Å²) in [7, 11) is 0. The van der Waals surface area contributed by atoms with Gasteiger partial charge in [0.05, 0.1) is 0 Å². The standard InChI is InChI=1S/C10H19N/c1-9-4-6-10(7-5-9)3-2-8-11/h2-3,9-10H,4-8,11H2,1H3/b3-2+. The lowest BCUT2D eigenvalue weighted by Crippen LogP contribution is -2.10. The van der Waals surface area contributed by atoms with Crippen molar-refractivity contribution in [2.75, 3.05) is 6.54 Å². The first-order valence-electron chi connectivity index (χ1n) is 4.69. The highest BCUT2D eigenvalue weighted by Crippen LogP contribution is 2.28. The van der Waals surface area contributed by atoms with Crippen LogP contribution in [-0.2, 0) is 0 Å². The zero-order chi connectivity index (χ0) is 8.10. The SMILES string of the molecule is CC1CCC(/C=C/CN)CC1. The summed E-state index contributed by atoms with van der Waals surface area (Å²) in [5, 5.41) is 0. The average molecular weight is 153 g/mol. The second-order valence-electron chi connectivity index (χ2n) is 3.68. The molecular formula is C10H19N. The first-order valence-corrected chi connectivity index (χ1v) is 4.69. The Bertz CT molecular complexity index is 121. The van der Waals surface area contributed by atoms with Crippen LogP contribution in [0.4, 0.5) is 0 Å². The molecule has 0 radical (unpaired) electrons. The smallest absolute Gasteiger partial charge is 0.0106 e. The fraction of sp³-hybridized carbons (Fsp3) is 0.800. The maximum atomic E-state index is 5.39. The van der Waals surface area contributed by atoms with Crippen molar-refractivity contribution >= 4 is 0 Å². The minimum Gasteiger partial charge on any atom is -0.327 e. The van der Waals surface area contributed by atoms with Gasteiger partial charge in [-0.2, -0.15) is 0 Å². The Morgan fingerprint density at radius 3 is 2.45 bits per heavy atom. The van der Waals surface area contributed by atoms with E-state index >= 15 is 0 Å². The lowest BCUT2D eigenvalue weighted by atomic mass is 9.83. The molecule has 0 aromatic carbocycles. The van der Waals surface area contributed by atoms with Gasteiger partial charge in [0.25, 0.3) is 0 Å². The van der Waals surface area contributed by atoms with E-state index in [1.807, 2.05) is 0 Å². The summed E-state index contributed by atoms with van der Waals surface area (Å²) >= 11 is 0. The third-order valence-electron chi connectivity index (χ3n) is 2.60. The summed E-state index contributed by atoms with van der Waals surface area (Å²) < 4.78 is 0. The molecule has 1 saturated carbocycles. The molecule has 0 heterocycles. The molecule has 1 nitrogen and oxygen atoms in total. The van der Waals surface area contributed by atoms with Crippen molar-refractivity contribution in [3.8, 4) is 0 Å². The molecule has 1 aliphatic rings. The predicted octanol–water partition coefficient (Wildman–Crippen LogP) is 2.33. The number of nitrogens with two attached hydrogens (primary N) is 1. The monoisotopic (exact) mass is 153 g/mol. The molecule has 0 atom stereocenters. The third kappa shape index (κ3) is 3.06. The Morgan fingerprint density at radius 2 is 1.91 bits per heavy atom. The van der Waals surface area contributed by atoms with E-state index in [0.29, 0.717) is 6.54 Å². The van der Waals surface area contributed by atoms with Crippen molar-refractivity contribution in [2.45, 2.75) is 32.6 Å². The van der Waals surface area contributed by atoms with Crippen LogP contribution in [-0.4, -0.2) is 6.54 Å². The lowest BCUT2D eigenvalue weighted by Gasteiger charge is -2.23. The van der Waals surface area contributed by atoms with E-state index in [9.17, 15) is 0 Å². The van der Waals surface area contributed by atoms with Crippen LogP contribution in [0.15, 0.2) is 12.2 Å². The van der Waals surface area contributed by atoms with Crippen molar-refractivity contribution < 1.29 is 0 Å². The summed E-state index contributed by atoms with van der Waals surface area (Å²) in [6, 6.07) is 0. The molecule has 0 spiro atoms. The van der Waals surface area contributed by atoms with Gasteiger partial charge < -0.3 is 5.73 Å². The summed E-state index contributed by atoms with van der Waals surface area (Å²) in [6.45, 7) is 3.05. The molecule has 0 amide bonds. The molecule has 0 saturated heterocycles. The highest BCUT2D eigenvalue weighted by atomic mass is 14.5. The fourth-order valence-corrected chi connectivity index (χ4v) is 1.75. The van der Waals surface area contributed by atoms with Gasteiger partial charge in [-0.15, -0.1) is 0 Å². The Morgan fingerprint density at radius 1 is 1.27 bits per heavy atom. The molecule has 11 heavy (non-hydrogen) atoms. The third-order valence-corrected chi connectivity index (χ3v) is 2.60. The van der Waals surface area contributed by atoms with E-state index in [1.165, 1.54) is 25.7 Å². The molecule has 0 unspecified atom stereocenters. The van der Waals surface area contributed by atoms with E-state index in [-0.39, 0.29) is 0 Å². The van der Waals surface area contributed by atoms with Crippen molar-refractivity contribution in [3.05, 3.63) is 12.2 Å². The van der Waals surface area contributed by atoms with E-state index in [2.05, 4.69) is 19.1 Å². The molecule has 0 bridgehead atoms. The van der Waals surface area contributed by atoms with Crippen molar-refractivity contribution in [2.24, 2.45) is 17.6 Å². The van der Waals surface area contributed by atoms with Gasteiger partial charge in [0.15, 0.2) is 0 Å². The normalized spacial score (nSPS) is 32.9. The summed E-state index contributed by atoms with van der Waals surface area (Å²) in [4.78, 5) is 0. The van der Waals surface area contributed by atoms with Crippen LogP contribution in [0.5, 0.6) is 0 Å². The molecule has 0 aromatic rings. The summed E-state index contributed by atoms with van der Waals surface area (Å²) in [6.07, 6.45) is 9.95. The van der Waals surface area contributed by atoms with E-state index < -0.39 is 0 Å². The molecule has 1 rings (SSSR count).